The molecule has 0 amide bonds. The molecule has 0 aromatic carbocycles. The van der Waals surface area contributed by atoms with Gasteiger partial charge in [-0.3, -0.25) is 0 Å². The van der Waals surface area contributed by atoms with Gasteiger partial charge in [-0.2, -0.15) is 17.6 Å². The molecule has 0 aliphatic heterocycles. The van der Waals surface area contributed by atoms with Crippen LogP contribution in [0.2, 0.25) is 0 Å². The molecular weight excluding hydrogens is 255 g/mol. The fourth-order valence-corrected chi connectivity index (χ4v) is 1.94. The van der Waals surface area contributed by atoms with Crippen molar-refractivity contribution in [1.29, 1.82) is 0 Å². The Morgan fingerprint density at radius 3 is 1.50 bits per heavy atom. The van der Waals surface area contributed by atoms with Gasteiger partial charge >= 0.3 is 17.8 Å². The van der Waals surface area contributed by atoms with Crippen molar-refractivity contribution in [3.63, 3.8) is 0 Å². The van der Waals surface area contributed by atoms with Crippen molar-refractivity contribution in [1.82, 2.24) is 0 Å². The molecule has 0 nitrogen and oxygen atoms in total. The molecule has 0 saturated heterocycles. The molecule has 1 saturated carbocycles. The van der Waals surface area contributed by atoms with Crippen LogP contribution in [0.5, 0.6) is 0 Å². The van der Waals surface area contributed by atoms with Crippen molar-refractivity contribution in [3.05, 3.63) is 11.7 Å². The molecule has 16 heavy (non-hydrogen) atoms. The summed E-state index contributed by atoms with van der Waals surface area (Å²) in [6.45, 7) is 0. The number of rotatable bonds is 0. The van der Waals surface area contributed by atoms with Crippen molar-refractivity contribution >= 4 is 0 Å². The second kappa shape index (κ2) is 2.35. The van der Waals surface area contributed by atoms with Gasteiger partial charge in [0.25, 0.3) is 5.67 Å². The first kappa shape index (κ1) is 11.6. The standard InChI is InChI=1S/C7HF9/c8-1-2-5(11,12)4(10,3(1)9)7(15,16)6(2,13)14/h2H. The van der Waals surface area contributed by atoms with E-state index in [1.165, 1.54) is 0 Å². The summed E-state index contributed by atoms with van der Waals surface area (Å²) in [6.07, 6.45) is 0. The van der Waals surface area contributed by atoms with E-state index in [-0.39, 0.29) is 0 Å². The van der Waals surface area contributed by atoms with Crippen LogP contribution < -0.4 is 0 Å². The Labute approximate surface area is 81.7 Å². The molecule has 0 N–H and O–H groups in total. The minimum atomic E-state index is -5.99. The highest BCUT2D eigenvalue weighted by Gasteiger charge is 2.97. The lowest BCUT2D eigenvalue weighted by Gasteiger charge is -2.30. The molecule has 0 aromatic rings. The summed E-state index contributed by atoms with van der Waals surface area (Å²) in [5.41, 5.74) is -5.61. The number of fused-ring (bicyclic) bond motifs is 2. The lowest BCUT2D eigenvalue weighted by molar-refractivity contribution is -0.252. The van der Waals surface area contributed by atoms with Crippen LogP contribution in [0.3, 0.4) is 0 Å². The van der Waals surface area contributed by atoms with E-state index < -0.39 is 41.0 Å². The third kappa shape index (κ3) is 0.708. The molecule has 2 atom stereocenters. The SMILES string of the molecule is FC1=C(F)C2(F)C(F)(F)C1C(F)(F)C2(F)F. The molecule has 2 aliphatic carbocycles. The molecule has 2 bridgehead atoms. The first-order valence-electron chi connectivity index (χ1n) is 3.82. The molecule has 2 aliphatic rings. The molecule has 2 rings (SSSR count). The molecule has 0 radical (unpaired) electrons. The van der Waals surface area contributed by atoms with Gasteiger partial charge in [-0.25, -0.2) is 22.0 Å². The Hall–Kier alpha value is -0.890. The minimum Gasteiger partial charge on any atom is -0.222 e. The lowest BCUT2D eigenvalue weighted by Crippen LogP contribution is -2.55. The van der Waals surface area contributed by atoms with Crippen molar-refractivity contribution < 1.29 is 39.5 Å². The van der Waals surface area contributed by atoms with E-state index in [2.05, 4.69) is 0 Å². The quantitative estimate of drug-likeness (QED) is 0.583. The average Bonchev–Trinajstić information content (AvgIpc) is 2.28. The van der Waals surface area contributed by atoms with Gasteiger partial charge in [-0.1, -0.05) is 0 Å². The van der Waals surface area contributed by atoms with Crippen molar-refractivity contribution in [2.24, 2.45) is 5.92 Å². The molecule has 9 heteroatoms. The molecule has 2 unspecified atom stereocenters. The van der Waals surface area contributed by atoms with E-state index in [1.807, 2.05) is 0 Å². The molecule has 92 valence electrons. The van der Waals surface area contributed by atoms with Crippen molar-refractivity contribution in [2.45, 2.75) is 23.4 Å². The van der Waals surface area contributed by atoms with Gasteiger partial charge < -0.3 is 0 Å². The minimum absolute atomic E-state index is 2.86. The lowest BCUT2D eigenvalue weighted by atomic mass is 9.95. The third-order valence-electron chi connectivity index (χ3n) is 2.80. The fourth-order valence-electron chi connectivity index (χ4n) is 1.94. The van der Waals surface area contributed by atoms with Crippen LogP contribution in [0.15, 0.2) is 11.7 Å². The summed E-state index contributed by atoms with van der Waals surface area (Å²) in [4.78, 5) is 0. The van der Waals surface area contributed by atoms with E-state index in [0.717, 1.165) is 0 Å². The number of allylic oxidation sites excluding steroid dienone is 2. The zero-order valence-electron chi connectivity index (χ0n) is 6.98. The highest BCUT2D eigenvalue weighted by atomic mass is 19.3. The summed E-state index contributed by atoms with van der Waals surface area (Å²) in [7, 11) is 0. The van der Waals surface area contributed by atoms with Gasteiger partial charge in [0.05, 0.1) is 0 Å². The Morgan fingerprint density at radius 2 is 1.19 bits per heavy atom. The van der Waals surface area contributed by atoms with Crippen LogP contribution in [0, 0.1) is 5.92 Å². The zero-order chi connectivity index (χ0) is 12.7. The van der Waals surface area contributed by atoms with E-state index in [1.54, 1.807) is 0 Å². The second-order valence-corrected chi connectivity index (χ2v) is 3.57. The third-order valence-corrected chi connectivity index (χ3v) is 2.80. The van der Waals surface area contributed by atoms with Gasteiger partial charge in [0.1, 0.15) is 0 Å². The molecule has 0 spiro atoms. The summed E-state index contributed by atoms with van der Waals surface area (Å²) < 4.78 is 115. The van der Waals surface area contributed by atoms with Gasteiger partial charge in [-0.05, 0) is 0 Å². The fraction of sp³-hybridized carbons (Fsp3) is 0.714. The van der Waals surface area contributed by atoms with Crippen molar-refractivity contribution in [3.8, 4) is 0 Å². The number of hydrogen-bond donors (Lipinski definition) is 0. The topological polar surface area (TPSA) is 0 Å². The molecule has 1 fully saturated rings. The molecule has 0 heterocycles. The maximum absolute atomic E-state index is 13.1. The maximum Gasteiger partial charge on any atom is 0.356 e. The summed E-state index contributed by atoms with van der Waals surface area (Å²) >= 11 is 0. The molecular formula is C7HF9. The van der Waals surface area contributed by atoms with Crippen LogP contribution in [0.1, 0.15) is 0 Å². The van der Waals surface area contributed by atoms with Crippen LogP contribution in [-0.4, -0.2) is 23.4 Å². The predicted octanol–water partition coefficient (Wildman–Crippen LogP) is 3.39. The van der Waals surface area contributed by atoms with Gasteiger partial charge in [0.15, 0.2) is 17.6 Å². The van der Waals surface area contributed by atoms with E-state index in [4.69, 9.17) is 0 Å². The van der Waals surface area contributed by atoms with Crippen LogP contribution in [0.25, 0.3) is 0 Å². The van der Waals surface area contributed by atoms with Gasteiger partial charge in [0.2, 0.25) is 0 Å². The van der Waals surface area contributed by atoms with Crippen LogP contribution in [-0.2, 0) is 0 Å². The van der Waals surface area contributed by atoms with Crippen LogP contribution >= 0.6 is 0 Å². The molecule has 0 aromatic heterocycles. The number of halogens is 9. The maximum atomic E-state index is 13.1. The first-order valence-corrected chi connectivity index (χ1v) is 3.82. The normalized spacial score (nSPS) is 42.9. The van der Waals surface area contributed by atoms with Crippen molar-refractivity contribution in [2.75, 3.05) is 0 Å². The zero-order valence-corrected chi connectivity index (χ0v) is 6.98. The predicted molar refractivity (Wildman–Crippen MR) is 31.4 cm³/mol. The Kier molecular flexibility index (Phi) is 1.70. The first-order chi connectivity index (χ1) is 6.94. The van der Waals surface area contributed by atoms with Gasteiger partial charge in [-0.15, -0.1) is 0 Å². The summed E-state index contributed by atoms with van der Waals surface area (Å²) in [6, 6.07) is 0. The number of alkyl halides is 7. The highest BCUT2D eigenvalue weighted by molar-refractivity contribution is 5.45. The Balaban J connectivity index is 2.81. The Morgan fingerprint density at radius 1 is 0.750 bits per heavy atom. The van der Waals surface area contributed by atoms with E-state index in [9.17, 15) is 39.5 Å². The summed E-state index contributed by atoms with van der Waals surface area (Å²) in [5.74, 6) is -27.3. The Bertz CT molecular complexity index is 395. The monoisotopic (exact) mass is 256 g/mol. The van der Waals surface area contributed by atoms with E-state index in [0.29, 0.717) is 0 Å². The second-order valence-electron chi connectivity index (χ2n) is 3.57. The van der Waals surface area contributed by atoms with E-state index >= 15 is 0 Å². The van der Waals surface area contributed by atoms with Crippen LogP contribution in [0.4, 0.5) is 39.5 Å². The highest BCUT2D eigenvalue weighted by Crippen LogP contribution is 2.74. The smallest absolute Gasteiger partial charge is 0.222 e. The van der Waals surface area contributed by atoms with Gasteiger partial charge in [0, 0.05) is 0 Å². The summed E-state index contributed by atoms with van der Waals surface area (Å²) in [5, 5.41) is 0. The largest absolute Gasteiger partial charge is 0.356 e. The number of hydrogen-bond acceptors (Lipinski definition) is 0. The average molecular weight is 256 g/mol.